The first kappa shape index (κ1) is 18.0. The van der Waals surface area contributed by atoms with Gasteiger partial charge in [-0.1, -0.05) is 20.8 Å². The second-order valence-electron chi connectivity index (χ2n) is 7.86. The normalized spacial score (nSPS) is 23.4. The molecule has 0 bridgehead atoms. The molecule has 1 saturated carbocycles. The molecule has 1 aliphatic carbocycles. The van der Waals surface area contributed by atoms with E-state index >= 15 is 0 Å². The first-order valence-corrected chi connectivity index (χ1v) is 11.9. The fraction of sp³-hybridized carbons (Fsp3) is 0.706. The Kier molecular flexibility index (Phi) is 5.72. The van der Waals surface area contributed by atoms with Gasteiger partial charge >= 0.3 is 0 Å². The van der Waals surface area contributed by atoms with E-state index in [1.165, 1.54) is 0 Å². The SMILES string of the molecule is CC(C)(C)[Si](C)(C)OC1CCC(Nc2ccc(Br)cn2)CC1. The van der Waals surface area contributed by atoms with Crippen LogP contribution in [-0.2, 0) is 4.43 Å². The Morgan fingerprint density at radius 1 is 1.18 bits per heavy atom. The van der Waals surface area contributed by atoms with E-state index in [4.69, 9.17) is 4.43 Å². The van der Waals surface area contributed by atoms with Gasteiger partial charge in [-0.05, 0) is 71.9 Å². The Labute approximate surface area is 144 Å². The molecule has 124 valence electrons. The van der Waals surface area contributed by atoms with Gasteiger partial charge in [0.15, 0.2) is 8.32 Å². The van der Waals surface area contributed by atoms with Crippen LogP contribution in [0.4, 0.5) is 5.82 Å². The van der Waals surface area contributed by atoms with Gasteiger partial charge in [0.25, 0.3) is 0 Å². The van der Waals surface area contributed by atoms with E-state index < -0.39 is 8.32 Å². The fourth-order valence-electron chi connectivity index (χ4n) is 2.59. The van der Waals surface area contributed by atoms with Gasteiger partial charge in [-0.3, -0.25) is 0 Å². The van der Waals surface area contributed by atoms with E-state index in [0.717, 1.165) is 36.0 Å². The number of anilines is 1. The molecule has 0 unspecified atom stereocenters. The van der Waals surface area contributed by atoms with Gasteiger partial charge in [0.2, 0.25) is 0 Å². The Hall–Kier alpha value is -0.393. The minimum absolute atomic E-state index is 0.295. The summed E-state index contributed by atoms with van der Waals surface area (Å²) in [6.45, 7) is 11.6. The van der Waals surface area contributed by atoms with Crippen molar-refractivity contribution in [2.45, 2.75) is 76.7 Å². The van der Waals surface area contributed by atoms with Gasteiger partial charge in [0.1, 0.15) is 5.82 Å². The Morgan fingerprint density at radius 2 is 1.82 bits per heavy atom. The minimum Gasteiger partial charge on any atom is -0.414 e. The van der Waals surface area contributed by atoms with Crippen molar-refractivity contribution < 1.29 is 4.43 Å². The average Bonchev–Trinajstić information content (AvgIpc) is 2.42. The van der Waals surface area contributed by atoms with Gasteiger partial charge < -0.3 is 9.74 Å². The summed E-state index contributed by atoms with van der Waals surface area (Å²) < 4.78 is 7.56. The first-order chi connectivity index (χ1) is 10.2. The van der Waals surface area contributed by atoms with Crippen LogP contribution in [0.1, 0.15) is 46.5 Å². The molecular formula is C17H29BrN2OSi. The zero-order valence-corrected chi connectivity index (χ0v) is 17.0. The van der Waals surface area contributed by atoms with Crippen molar-refractivity contribution in [2.75, 3.05) is 5.32 Å². The van der Waals surface area contributed by atoms with Crippen LogP contribution < -0.4 is 5.32 Å². The average molecular weight is 385 g/mol. The highest BCUT2D eigenvalue weighted by Crippen LogP contribution is 2.39. The van der Waals surface area contributed by atoms with Crippen molar-refractivity contribution in [2.24, 2.45) is 0 Å². The molecule has 1 fully saturated rings. The molecule has 1 aliphatic rings. The Morgan fingerprint density at radius 3 is 2.32 bits per heavy atom. The maximum Gasteiger partial charge on any atom is 0.192 e. The predicted octanol–water partition coefficient (Wildman–Crippen LogP) is 5.59. The maximum absolute atomic E-state index is 6.55. The lowest BCUT2D eigenvalue weighted by molar-refractivity contribution is 0.133. The highest BCUT2D eigenvalue weighted by atomic mass is 79.9. The van der Waals surface area contributed by atoms with Crippen molar-refractivity contribution in [1.82, 2.24) is 4.98 Å². The summed E-state index contributed by atoms with van der Waals surface area (Å²) in [5.41, 5.74) is 0. The number of halogens is 1. The quantitative estimate of drug-likeness (QED) is 0.686. The standard InChI is InChI=1S/C17H29BrN2OSi/c1-17(2,3)22(4,5)21-15-9-7-14(8-10-15)20-16-11-6-13(18)12-19-16/h6,11-12,14-15H,7-10H2,1-5H3,(H,19,20). The molecule has 1 aromatic rings. The number of pyridine rings is 1. The molecule has 0 atom stereocenters. The molecule has 1 N–H and O–H groups in total. The molecule has 0 amide bonds. The molecule has 1 aromatic heterocycles. The molecule has 22 heavy (non-hydrogen) atoms. The van der Waals surface area contributed by atoms with Crippen LogP contribution in [-0.4, -0.2) is 25.4 Å². The molecule has 3 nitrogen and oxygen atoms in total. The van der Waals surface area contributed by atoms with Crippen LogP contribution in [0.3, 0.4) is 0 Å². The number of hydrogen-bond acceptors (Lipinski definition) is 3. The molecule has 0 saturated heterocycles. The first-order valence-electron chi connectivity index (χ1n) is 8.23. The largest absolute Gasteiger partial charge is 0.414 e. The van der Waals surface area contributed by atoms with E-state index in [1.807, 2.05) is 18.3 Å². The highest BCUT2D eigenvalue weighted by molar-refractivity contribution is 9.10. The zero-order chi connectivity index (χ0) is 16.4. The van der Waals surface area contributed by atoms with E-state index in [2.05, 4.69) is 60.1 Å². The summed E-state index contributed by atoms with van der Waals surface area (Å²) in [5.74, 6) is 0.969. The number of nitrogens with zero attached hydrogens (tertiary/aromatic N) is 1. The minimum atomic E-state index is -1.63. The third-order valence-electron chi connectivity index (χ3n) is 5.02. The van der Waals surface area contributed by atoms with Crippen LogP contribution >= 0.6 is 15.9 Å². The lowest BCUT2D eigenvalue weighted by Crippen LogP contribution is -2.45. The van der Waals surface area contributed by atoms with Crippen molar-refractivity contribution in [3.8, 4) is 0 Å². The fourth-order valence-corrected chi connectivity index (χ4v) is 4.25. The molecule has 0 radical (unpaired) electrons. The van der Waals surface area contributed by atoms with Crippen molar-refractivity contribution in [1.29, 1.82) is 0 Å². The predicted molar refractivity (Wildman–Crippen MR) is 99.9 cm³/mol. The van der Waals surface area contributed by atoms with E-state index in [-0.39, 0.29) is 0 Å². The zero-order valence-electron chi connectivity index (χ0n) is 14.4. The summed E-state index contributed by atoms with van der Waals surface area (Å²) in [5, 5.41) is 3.84. The van der Waals surface area contributed by atoms with Crippen molar-refractivity contribution >= 4 is 30.1 Å². The lowest BCUT2D eigenvalue weighted by atomic mass is 9.93. The van der Waals surface area contributed by atoms with Gasteiger partial charge in [-0.2, -0.15) is 0 Å². The summed E-state index contributed by atoms with van der Waals surface area (Å²) in [4.78, 5) is 4.40. The van der Waals surface area contributed by atoms with Gasteiger partial charge in [0, 0.05) is 22.8 Å². The van der Waals surface area contributed by atoms with Crippen LogP contribution in [0, 0.1) is 0 Å². The lowest BCUT2D eigenvalue weighted by Gasteiger charge is -2.41. The van der Waals surface area contributed by atoms with Crippen molar-refractivity contribution in [3.63, 3.8) is 0 Å². The Balaban J connectivity index is 1.82. The molecule has 0 aliphatic heterocycles. The maximum atomic E-state index is 6.55. The summed E-state index contributed by atoms with van der Waals surface area (Å²) in [7, 11) is -1.63. The van der Waals surface area contributed by atoms with Crippen LogP contribution in [0.5, 0.6) is 0 Å². The summed E-state index contributed by atoms with van der Waals surface area (Å²) in [6.07, 6.45) is 6.92. The number of nitrogens with one attached hydrogen (secondary N) is 1. The monoisotopic (exact) mass is 384 g/mol. The van der Waals surface area contributed by atoms with Gasteiger partial charge in [-0.25, -0.2) is 4.98 Å². The Bertz CT molecular complexity index is 476. The van der Waals surface area contributed by atoms with E-state index in [9.17, 15) is 0 Å². The number of aromatic nitrogens is 1. The summed E-state index contributed by atoms with van der Waals surface area (Å²) in [6, 6.07) is 4.58. The molecular weight excluding hydrogens is 356 g/mol. The number of hydrogen-bond donors (Lipinski definition) is 1. The molecule has 1 heterocycles. The van der Waals surface area contributed by atoms with Gasteiger partial charge in [-0.15, -0.1) is 0 Å². The summed E-state index contributed by atoms with van der Waals surface area (Å²) >= 11 is 3.42. The van der Waals surface area contributed by atoms with Gasteiger partial charge in [0.05, 0.1) is 0 Å². The van der Waals surface area contributed by atoms with Crippen LogP contribution in [0.25, 0.3) is 0 Å². The molecule has 2 rings (SSSR count). The molecule has 0 spiro atoms. The molecule has 5 heteroatoms. The highest BCUT2D eigenvalue weighted by Gasteiger charge is 2.39. The van der Waals surface area contributed by atoms with Crippen molar-refractivity contribution in [3.05, 3.63) is 22.8 Å². The third kappa shape index (κ3) is 4.80. The topological polar surface area (TPSA) is 34.1 Å². The third-order valence-corrected chi connectivity index (χ3v) is 10.0. The van der Waals surface area contributed by atoms with Crippen LogP contribution in [0.15, 0.2) is 22.8 Å². The smallest absolute Gasteiger partial charge is 0.192 e. The van der Waals surface area contributed by atoms with E-state index in [0.29, 0.717) is 17.2 Å². The van der Waals surface area contributed by atoms with E-state index in [1.54, 1.807) is 0 Å². The second kappa shape index (κ2) is 7.01. The number of rotatable bonds is 4. The second-order valence-corrected chi connectivity index (χ2v) is 13.5. The van der Waals surface area contributed by atoms with Crippen LogP contribution in [0.2, 0.25) is 18.1 Å². The molecule has 0 aromatic carbocycles.